The van der Waals surface area contributed by atoms with Gasteiger partial charge in [0.15, 0.2) is 0 Å². The first-order valence-electron chi connectivity index (χ1n) is 13.6. The summed E-state index contributed by atoms with van der Waals surface area (Å²) >= 11 is 0. The maximum absolute atomic E-state index is 12.2. The van der Waals surface area contributed by atoms with Crippen molar-refractivity contribution in [3.63, 3.8) is 0 Å². The van der Waals surface area contributed by atoms with Gasteiger partial charge in [-0.05, 0) is 78.8 Å². The zero-order chi connectivity index (χ0) is 27.1. The Hall–Kier alpha value is -4.00. The Morgan fingerprint density at radius 1 is 1.00 bits per heavy atom. The topological polar surface area (TPSA) is 85.3 Å². The van der Waals surface area contributed by atoms with E-state index >= 15 is 0 Å². The van der Waals surface area contributed by atoms with Crippen LogP contribution in [0.25, 0.3) is 11.1 Å². The minimum absolute atomic E-state index is 0.0606. The number of carboxylic acids is 1. The lowest BCUT2D eigenvalue weighted by atomic mass is 9.94. The summed E-state index contributed by atoms with van der Waals surface area (Å²) in [5.74, 6) is 1.85. The van der Waals surface area contributed by atoms with Gasteiger partial charge in [0.25, 0.3) is 0 Å². The maximum atomic E-state index is 12.2. The second-order valence-corrected chi connectivity index (χ2v) is 11.0. The van der Waals surface area contributed by atoms with Crippen LogP contribution >= 0.6 is 0 Å². The molecule has 2 heterocycles. The number of fused-ring (bicyclic) bond motifs is 1. The van der Waals surface area contributed by atoms with Crippen molar-refractivity contribution >= 4 is 11.9 Å². The number of aliphatic carboxylic acids is 1. The van der Waals surface area contributed by atoms with Crippen LogP contribution < -0.4 is 14.2 Å². The number of rotatable bonds is 9. The zero-order valence-corrected chi connectivity index (χ0v) is 22.3. The van der Waals surface area contributed by atoms with Crippen LogP contribution in [0.1, 0.15) is 47.4 Å². The molecular formula is C32H33NO6. The number of carbonyl (C=O) groups excluding carboxylic acids is 1. The SMILES string of the molecule is Cc1cc(OC2CN(C(=O)C3CC3)C2)cc(C)c1-c1cccc(COc2ccc3c(c2)OCC3CC(=O)O)c1. The smallest absolute Gasteiger partial charge is 0.304 e. The van der Waals surface area contributed by atoms with Gasteiger partial charge in [-0.2, -0.15) is 0 Å². The fourth-order valence-electron chi connectivity index (χ4n) is 5.63. The molecule has 0 radical (unpaired) electrons. The molecule has 2 fully saturated rings. The van der Waals surface area contributed by atoms with E-state index < -0.39 is 5.97 Å². The maximum Gasteiger partial charge on any atom is 0.304 e. The number of carbonyl (C=O) groups is 2. The van der Waals surface area contributed by atoms with Crippen LogP contribution in [-0.2, 0) is 16.2 Å². The molecule has 1 unspecified atom stereocenters. The highest BCUT2D eigenvalue weighted by molar-refractivity contribution is 5.82. The van der Waals surface area contributed by atoms with Gasteiger partial charge in [0.05, 0.1) is 26.1 Å². The number of hydrogen-bond donors (Lipinski definition) is 1. The van der Waals surface area contributed by atoms with Crippen molar-refractivity contribution in [3.8, 4) is 28.4 Å². The summed E-state index contributed by atoms with van der Waals surface area (Å²) in [5.41, 5.74) is 6.55. The molecule has 1 saturated heterocycles. The van der Waals surface area contributed by atoms with E-state index in [0.29, 0.717) is 37.8 Å². The first kappa shape index (κ1) is 25.3. The molecule has 1 saturated carbocycles. The number of carboxylic acid groups (broad SMARTS) is 1. The molecule has 1 aliphatic carbocycles. The van der Waals surface area contributed by atoms with E-state index in [2.05, 4.69) is 38.1 Å². The van der Waals surface area contributed by atoms with E-state index in [-0.39, 0.29) is 30.3 Å². The molecule has 0 aromatic heterocycles. The Morgan fingerprint density at radius 3 is 2.49 bits per heavy atom. The third-order valence-corrected chi connectivity index (χ3v) is 7.80. The van der Waals surface area contributed by atoms with Crippen molar-refractivity contribution in [1.29, 1.82) is 0 Å². The highest BCUT2D eigenvalue weighted by Crippen LogP contribution is 2.39. The quantitative estimate of drug-likeness (QED) is 0.396. The van der Waals surface area contributed by atoms with E-state index in [0.717, 1.165) is 46.4 Å². The summed E-state index contributed by atoms with van der Waals surface area (Å²) in [4.78, 5) is 25.2. The Bertz CT molecular complexity index is 1400. The average molecular weight is 528 g/mol. The van der Waals surface area contributed by atoms with Gasteiger partial charge < -0.3 is 24.2 Å². The largest absolute Gasteiger partial charge is 0.492 e. The summed E-state index contributed by atoms with van der Waals surface area (Å²) in [5, 5.41) is 9.11. The van der Waals surface area contributed by atoms with Crippen LogP contribution in [0, 0.1) is 19.8 Å². The predicted molar refractivity (Wildman–Crippen MR) is 146 cm³/mol. The molecule has 39 heavy (non-hydrogen) atoms. The molecule has 3 aliphatic rings. The van der Waals surface area contributed by atoms with Crippen LogP contribution in [0.15, 0.2) is 54.6 Å². The van der Waals surface area contributed by atoms with Crippen LogP contribution in [0.3, 0.4) is 0 Å². The minimum Gasteiger partial charge on any atom is -0.492 e. The molecular weight excluding hydrogens is 494 g/mol. The molecule has 0 bridgehead atoms. The van der Waals surface area contributed by atoms with E-state index in [9.17, 15) is 9.59 Å². The molecule has 0 spiro atoms. The van der Waals surface area contributed by atoms with Crippen LogP contribution in [0.2, 0.25) is 0 Å². The lowest BCUT2D eigenvalue weighted by molar-refractivity contribution is -0.141. The fourth-order valence-corrected chi connectivity index (χ4v) is 5.63. The number of hydrogen-bond acceptors (Lipinski definition) is 5. The van der Waals surface area contributed by atoms with Gasteiger partial charge in [-0.25, -0.2) is 0 Å². The summed E-state index contributed by atoms with van der Waals surface area (Å²) in [6.45, 7) is 6.35. The summed E-state index contributed by atoms with van der Waals surface area (Å²) < 4.78 is 18.0. The van der Waals surface area contributed by atoms with Crippen molar-refractivity contribution < 1.29 is 28.9 Å². The molecule has 202 valence electrons. The van der Waals surface area contributed by atoms with Gasteiger partial charge in [0, 0.05) is 23.5 Å². The number of benzene rings is 3. The molecule has 2 aliphatic heterocycles. The number of nitrogens with zero attached hydrogens (tertiary/aromatic N) is 1. The van der Waals surface area contributed by atoms with Crippen LogP contribution in [0.4, 0.5) is 0 Å². The fraction of sp³-hybridized carbons (Fsp3) is 0.375. The van der Waals surface area contributed by atoms with Gasteiger partial charge >= 0.3 is 5.97 Å². The molecule has 6 rings (SSSR count). The molecule has 7 heteroatoms. The number of amides is 1. The van der Waals surface area contributed by atoms with Gasteiger partial charge in [-0.3, -0.25) is 9.59 Å². The normalized spacial score (nSPS) is 18.2. The minimum atomic E-state index is -0.823. The Morgan fingerprint density at radius 2 is 1.77 bits per heavy atom. The van der Waals surface area contributed by atoms with Crippen LogP contribution in [-0.4, -0.2) is 47.7 Å². The number of aryl methyl sites for hydroxylation is 2. The van der Waals surface area contributed by atoms with Crippen molar-refractivity contribution in [3.05, 3.63) is 76.9 Å². The van der Waals surface area contributed by atoms with E-state index in [1.807, 2.05) is 35.2 Å². The molecule has 1 amide bonds. The summed E-state index contributed by atoms with van der Waals surface area (Å²) in [6, 6.07) is 18.1. The second kappa shape index (κ2) is 10.3. The van der Waals surface area contributed by atoms with E-state index in [1.165, 1.54) is 5.56 Å². The van der Waals surface area contributed by atoms with E-state index in [4.69, 9.17) is 19.3 Å². The highest BCUT2D eigenvalue weighted by Gasteiger charge is 2.40. The first-order chi connectivity index (χ1) is 18.8. The van der Waals surface area contributed by atoms with Gasteiger partial charge in [-0.1, -0.05) is 24.3 Å². The second-order valence-electron chi connectivity index (χ2n) is 11.0. The zero-order valence-electron chi connectivity index (χ0n) is 22.3. The van der Waals surface area contributed by atoms with Crippen LogP contribution in [0.5, 0.6) is 17.2 Å². The van der Waals surface area contributed by atoms with Crippen molar-refractivity contribution in [2.24, 2.45) is 5.92 Å². The molecule has 3 aromatic carbocycles. The first-order valence-corrected chi connectivity index (χ1v) is 13.6. The third kappa shape index (κ3) is 5.44. The van der Waals surface area contributed by atoms with Crippen molar-refractivity contribution in [2.45, 2.75) is 51.7 Å². The monoisotopic (exact) mass is 527 g/mol. The van der Waals surface area contributed by atoms with Gasteiger partial charge in [0.1, 0.15) is 30.0 Å². The Kier molecular flexibility index (Phi) is 6.67. The molecule has 1 atom stereocenters. The van der Waals surface area contributed by atoms with Crippen molar-refractivity contribution in [1.82, 2.24) is 4.90 Å². The molecule has 1 N–H and O–H groups in total. The highest BCUT2D eigenvalue weighted by atomic mass is 16.5. The lowest BCUT2D eigenvalue weighted by Crippen LogP contribution is -2.56. The predicted octanol–water partition coefficient (Wildman–Crippen LogP) is 5.50. The standard InChI is InChI=1S/C32H33NO6/c1-19-10-26(39-27-15-33(16-27)32(36)22-6-7-22)11-20(2)31(19)23-5-3-4-21(12-23)17-37-25-8-9-28-24(13-30(34)35)18-38-29(28)14-25/h3-5,8-12,14,22,24,27H,6-7,13,15-18H2,1-2H3,(H,34,35). The van der Waals surface area contributed by atoms with E-state index in [1.54, 1.807) is 0 Å². The summed E-state index contributed by atoms with van der Waals surface area (Å²) in [7, 11) is 0. The Balaban J connectivity index is 1.09. The molecule has 3 aromatic rings. The lowest BCUT2D eigenvalue weighted by Gasteiger charge is -2.39. The summed E-state index contributed by atoms with van der Waals surface area (Å²) in [6.07, 6.45) is 2.19. The number of likely N-dealkylation sites (tertiary alicyclic amines) is 1. The third-order valence-electron chi connectivity index (χ3n) is 7.80. The molecule has 7 nitrogen and oxygen atoms in total. The van der Waals surface area contributed by atoms with Crippen molar-refractivity contribution in [2.75, 3.05) is 19.7 Å². The van der Waals surface area contributed by atoms with Gasteiger partial charge in [-0.15, -0.1) is 0 Å². The number of ether oxygens (including phenoxy) is 3. The average Bonchev–Trinajstić information content (AvgIpc) is 3.66. The van der Waals surface area contributed by atoms with Gasteiger partial charge in [0.2, 0.25) is 5.91 Å². The Labute approximate surface area is 228 Å².